The van der Waals surface area contributed by atoms with Crippen molar-refractivity contribution in [2.45, 2.75) is 26.5 Å². The van der Waals surface area contributed by atoms with Crippen LogP contribution >= 0.6 is 0 Å². The number of hydrogen-bond acceptors (Lipinski definition) is 5. The van der Waals surface area contributed by atoms with Crippen LogP contribution in [0.5, 0.6) is 0 Å². The molecule has 2 rings (SSSR count). The SMILES string of the molecule is CCNc1cc(NC(C)c2ccccc2)nc(COC)n1. The molecule has 0 radical (unpaired) electrons. The summed E-state index contributed by atoms with van der Waals surface area (Å²) in [4.78, 5) is 8.89. The van der Waals surface area contributed by atoms with Crippen LogP contribution in [0.15, 0.2) is 36.4 Å². The molecule has 0 saturated carbocycles. The van der Waals surface area contributed by atoms with E-state index in [1.54, 1.807) is 7.11 Å². The Morgan fingerprint density at radius 2 is 1.86 bits per heavy atom. The van der Waals surface area contributed by atoms with Crippen molar-refractivity contribution in [3.63, 3.8) is 0 Å². The summed E-state index contributed by atoms with van der Waals surface area (Å²) < 4.78 is 5.13. The number of rotatable bonds is 7. The molecule has 5 nitrogen and oxygen atoms in total. The van der Waals surface area contributed by atoms with Gasteiger partial charge in [-0.25, -0.2) is 9.97 Å². The second-order valence-corrected chi connectivity index (χ2v) is 4.79. The predicted molar refractivity (Wildman–Crippen MR) is 85.4 cm³/mol. The second kappa shape index (κ2) is 7.59. The van der Waals surface area contributed by atoms with Gasteiger partial charge >= 0.3 is 0 Å². The fourth-order valence-electron chi connectivity index (χ4n) is 2.08. The lowest BCUT2D eigenvalue weighted by Crippen LogP contribution is -2.11. The van der Waals surface area contributed by atoms with Gasteiger partial charge in [0.2, 0.25) is 0 Å². The molecule has 1 unspecified atom stereocenters. The van der Waals surface area contributed by atoms with E-state index in [1.165, 1.54) is 5.56 Å². The van der Waals surface area contributed by atoms with Crippen LogP contribution in [0.4, 0.5) is 11.6 Å². The number of aromatic nitrogens is 2. The summed E-state index contributed by atoms with van der Waals surface area (Å²) in [6, 6.07) is 12.4. The zero-order chi connectivity index (χ0) is 15.1. The van der Waals surface area contributed by atoms with E-state index in [9.17, 15) is 0 Å². The highest BCUT2D eigenvalue weighted by Gasteiger charge is 2.08. The van der Waals surface area contributed by atoms with Crippen LogP contribution in [0.3, 0.4) is 0 Å². The number of benzene rings is 1. The maximum absolute atomic E-state index is 5.13. The van der Waals surface area contributed by atoms with E-state index in [0.717, 1.165) is 18.2 Å². The molecule has 1 aromatic heterocycles. The molecule has 0 aliphatic rings. The lowest BCUT2D eigenvalue weighted by Gasteiger charge is -2.16. The molecule has 0 spiro atoms. The Bertz CT molecular complexity index is 535. The van der Waals surface area contributed by atoms with Gasteiger partial charge in [0, 0.05) is 25.8 Å². The monoisotopic (exact) mass is 286 g/mol. The first kappa shape index (κ1) is 15.3. The maximum Gasteiger partial charge on any atom is 0.158 e. The van der Waals surface area contributed by atoms with Crippen molar-refractivity contribution in [3.8, 4) is 0 Å². The van der Waals surface area contributed by atoms with E-state index in [2.05, 4.69) is 39.7 Å². The smallest absolute Gasteiger partial charge is 0.158 e. The summed E-state index contributed by atoms with van der Waals surface area (Å²) in [5.41, 5.74) is 1.22. The van der Waals surface area contributed by atoms with Crippen LogP contribution in [-0.2, 0) is 11.3 Å². The Morgan fingerprint density at radius 1 is 1.14 bits per heavy atom. The van der Waals surface area contributed by atoms with Crippen molar-refractivity contribution in [2.24, 2.45) is 0 Å². The van der Waals surface area contributed by atoms with Gasteiger partial charge < -0.3 is 15.4 Å². The molecule has 5 heteroatoms. The first-order valence-electron chi connectivity index (χ1n) is 7.15. The van der Waals surface area contributed by atoms with Crippen molar-refractivity contribution in [1.82, 2.24) is 9.97 Å². The molecule has 0 fully saturated rings. The predicted octanol–water partition coefficient (Wildman–Crippen LogP) is 3.23. The Morgan fingerprint density at radius 3 is 2.52 bits per heavy atom. The maximum atomic E-state index is 5.13. The first-order valence-corrected chi connectivity index (χ1v) is 7.15. The Kier molecular flexibility index (Phi) is 5.51. The first-order chi connectivity index (χ1) is 10.2. The molecule has 2 N–H and O–H groups in total. The fourth-order valence-corrected chi connectivity index (χ4v) is 2.08. The second-order valence-electron chi connectivity index (χ2n) is 4.79. The minimum Gasteiger partial charge on any atom is -0.377 e. The molecule has 2 aromatic rings. The van der Waals surface area contributed by atoms with Crippen LogP contribution in [-0.4, -0.2) is 23.6 Å². The third-order valence-corrected chi connectivity index (χ3v) is 3.07. The van der Waals surface area contributed by atoms with Crippen molar-refractivity contribution in [3.05, 3.63) is 47.8 Å². The number of nitrogens with one attached hydrogen (secondary N) is 2. The van der Waals surface area contributed by atoms with Crippen molar-refractivity contribution in [1.29, 1.82) is 0 Å². The Hall–Kier alpha value is -2.14. The quantitative estimate of drug-likeness (QED) is 0.818. The summed E-state index contributed by atoms with van der Waals surface area (Å²) in [5.74, 6) is 2.27. The summed E-state index contributed by atoms with van der Waals surface area (Å²) >= 11 is 0. The number of anilines is 2. The molecule has 1 aromatic carbocycles. The number of hydrogen-bond donors (Lipinski definition) is 2. The minimum atomic E-state index is 0.172. The van der Waals surface area contributed by atoms with Gasteiger partial charge in [0.25, 0.3) is 0 Å². The molecule has 0 bridgehead atoms. The highest BCUT2D eigenvalue weighted by Crippen LogP contribution is 2.19. The molecular formula is C16H22N4O. The average Bonchev–Trinajstić information content (AvgIpc) is 2.48. The Balaban J connectivity index is 2.18. The highest BCUT2D eigenvalue weighted by molar-refractivity contribution is 5.48. The van der Waals surface area contributed by atoms with Crippen LogP contribution in [0, 0.1) is 0 Å². The van der Waals surface area contributed by atoms with Crippen LogP contribution in [0.2, 0.25) is 0 Å². The highest BCUT2D eigenvalue weighted by atomic mass is 16.5. The average molecular weight is 286 g/mol. The lowest BCUT2D eigenvalue weighted by molar-refractivity contribution is 0.178. The topological polar surface area (TPSA) is 59.1 Å². The van der Waals surface area contributed by atoms with Gasteiger partial charge in [-0.1, -0.05) is 30.3 Å². The van der Waals surface area contributed by atoms with E-state index in [0.29, 0.717) is 12.4 Å². The summed E-state index contributed by atoms with van der Waals surface area (Å²) in [7, 11) is 1.64. The molecule has 112 valence electrons. The molecule has 1 atom stereocenters. The van der Waals surface area contributed by atoms with Gasteiger partial charge in [0.05, 0.1) is 0 Å². The summed E-state index contributed by atoms with van der Waals surface area (Å²) in [5, 5.41) is 6.62. The minimum absolute atomic E-state index is 0.172. The molecule has 0 aliphatic carbocycles. The molecule has 0 aliphatic heterocycles. The summed E-state index contributed by atoms with van der Waals surface area (Å²) in [6.07, 6.45) is 0. The van der Waals surface area contributed by atoms with E-state index in [-0.39, 0.29) is 6.04 Å². The molecular weight excluding hydrogens is 264 g/mol. The van der Waals surface area contributed by atoms with E-state index in [4.69, 9.17) is 4.74 Å². The van der Waals surface area contributed by atoms with Crippen molar-refractivity contribution in [2.75, 3.05) is 24.3 Å². The van der Waals surface area contributed by atoms with Gasteiger partial charge in [-0.3, -0.25) is 0 Å². The van der Waals surface area contributed by atoms with Gasteiger partial charge in [-0.15, -0.1) is 0 Å². The van der Waals surface area contributed by atoms with Crippen LogP contribution in [0.1, 0.15) is 31.3 Å². The number of methoxy groups -OCH3 is 1. The van der Waals surface area contributed by atoms with Gasteiger partial charge in [-0.05, 0) is 19.4 Å². The van der Waals surface area contributed by atoms with Crippen LogP contribution < -0.4 is 10.6 Å². The van der Waals surface area contributed by atoms with E-state index >= 15 is 0 Å². The largest absolute Gasteiger partial charge is 0.377 e. The Labute approximate surface area is 125 Å². The van der Waals surface area contributed by atoms with E-state index in [1.807, 2.05) is 31.2 Å². The van der Waals surface area contributed by atoms with Crippen LogP contribution in [0.25, 0.3) is 0 Å². The molecule has 1 heterocycles. The molecule has 0 amide bonds. The number of ether oxygens (including phenoxy) is 1. The number of nitrogens with zero attached hydrogens (tertiary/aromatic N) is 2. The normalized spacial score (nSPS) is 12.0. The third kappa shape index (κ3) is 4.43. The molecule has 0 saturated heterocycles. The zero-order valence-corrected chi connectivity index (χ0v) is 12.8. The standard InChI is InChI=1S/C16H22N4O/c1-4-17-14-10-15(20-16(19-14)11-21-3)18-12(2)13-8-6-5-7-9-13/h5-10,12H,4,11H2,1-3H3,(H2,17,18,19,20). The lowest BCUT2D eigenvalue weighted by atomic mass is 10.1. The van der Waals surface area contributed by atoms with Gasteiger partial charge in [-0.2, -0.15) is 0 Å². The zero-order valence-electron chi connectivity index (χ0n) is 12.8. The molecule has 21 heavy (non-hydrogen) atoms. The van der Waals surface area contributed by atoms with Gasteiger partial charge in [0.15, 0.2) is 5.82 Å². The summed E-state index contributed by atoms with van der Waals surface area (Å²) in [6.45, 7) is 5.36. The fraction of sp³-hybridized carbons (Fsp3) is 0.375. The third-order valence-electron chi connectivity index (χ3n) is 3.07. The van der Waals surface area contributed by atoms with Gasteiger partial charge in [0.1, 0.15) is 18.2 Å². The van der Waals surface area contributed by atoms with Crippen molar-refractivity contribution >= 4 is 11.6 Å². The van der Waals surface area contributed by atoms with Crippen molar-refractivity contribution < 1.29 is 4.74 Å². The van der Waals surface area contributed by atoms with E-state index < -0.39 is 0 Å².